The summed E-state index contributed by atoms with van der Waals surface area (Å²) in [7, 11) is 0. The first-order chi connectivity index (χ1) is 7.61. The van der Waals surface area contributed by atoms with Gasteiger partial charge in [-0.15, -0.1) is 11.3 Å². The third kappa shape index (κ3) is 2.20. The summed E-state index contributed by atoms with van der Waals surface area (Å²) in [5.41, 5.74) is 6.33. The van der Waals surface area contributed by atoms with Crippen molar-refractivity contribution in [3.8, 4) is 11.3 Å². The SMILES string of the molecule is Cc1cc(C)c(-c2csc(CBr)n2)c(C)c1. The van der Waals surface area contributed by atoms with Crippen LogP contribution in [0.2, 0.25) is 0 Å². The molecule has 3 heteroatoms. The highest BCUT2D eigenvalue weighted by atomic mass is 79.9. The Hall–Kier alpha value is -0.670. The van der Waals surface area contributed by atoms with Gasteiger partial charge in [-0.25, -0.2) is 4.98 Å². The van der Waals surface area contributed by atoms with Crippen molar-refractivity contribution in [2.75, 3.05) is 0 Å². The second kappa shape index (κ2) is 4.68. The molecular weight excluding hydrogens is 282 g/mol. The van der Waals surface area contributed by atoms with Gasteiger partial charge in [0.15, 0.2) is 0 Å². The molecule has 2 aromatic rings. The molecule has 0 aliphatic heterocycles. The fourth-order valence-electron chi connectivity index (χ4n) is 2.07. The van der Waals surface area contributed by atoms with Gasteiger partial charge in [-0.1, -0.05) is 33.6 Å². The first-order valence-corrected chi connectivity index (χ1v) is 7.20. The molecule has 1 aromatic carbocycles. The maximum atomic E-state index is 4.62. The molecule has 0 spiro atoms. The molecule has 0 radical (unpaired) electrons. The van der Waals surface area contributed by atoms with Gasteiger partial charge in [-0.05, 0) is 31.9 Å². The second-order valence-corrected chi connectivity index (χ2v) is 5.54. The van der Waals surface area contributed by atoms with Crippen LogP contribution in [0.1, 0.15) is 21.7 Å². The van der Waals surface area contributed by atoms with Crippen LogP contribution in [0.15, 0.2) is 17.5 Å². The molecule has 0 aliphatic rings. The zero-order valence-corrected chi connectivity index (χ0v) is 12.1. The number of nitrogens with zero attached hydrogens (tertiary/aromatic N) is 1. The van der Waals surface area contributed by atoms with Crippen LogP contribution in [0.3, 0.4) is 0 Å². The van der Waals surface area contributed by atoms with Gasteiger partial charge in [0.1, 0.15) is 5.01 Å². The Morgan fingerprint density at radius 3 is 2.31 bits per heavy atom. The summed E-state index contributed by atoms with van der Waals surface area (Å²) < 4.78 is 0. The lowest BCUT2D eigenvalue weighted by Crippen LogP contribution is -1.90. The molecular formula is C13H14BrNS. The van der Waals surface area contributed by atoms with E-state index in [-0.39, 0.29) is 0 Å². The fourth-order valence-corrected chi connectivity index (χ4v) is 3.23. The van der Waals surface area contributed by atoms with Crippen LogP contribution in [0, 0.1) is 20.8 Å². The van der Waals surface area contributed by atoms with Gasteiger partial charge in [-0.2, -0.15) is 0 Å². The Morgan fingerprint density at radius 2 is 1.81 bits per heavy atom. The monoisotopic (exact) mass is 295 g/mol. The Bertz CT molecular complexity index is 493. The number of aryl methyl sites for hydroxylation is 3. The largest absolute Gasteiger partial charge is 0.240 e. The Labute approximate surface area is 109 Å². The summed E-state index contributed by atoms with van der Waals surface area (Å²) in [6.45, 7) is 6.44. The minimum atomic E-state index is 0.835. The van der Waals surface area contributed by atoms with E-state index < -0.39 is 0 Å². The average Bonchev–Trinajstić information content (AvgIpc) is 2.64. The third-order valence-corrected chi connectivity index (χ3v) is 4.35. The van der Waals surface area contributed by atoms with Crippen molar-refractivity contribution in [2.24, 2.45) is 0 Å². The van der Waals surface area contributed by atoms with Crippen molar-refractivity contribution in [1.29, 1.82) is 0 Å². The summed E-state index contributed by atoms with van der Waals surface area (Å²) >= 11 is 5.15. The van der Waals surface area contributed by atoms with Crippen LogP contribution in [0.5, 0.6) is 0 Å². The molecule has 84 valence electrons. The van der Waals surface area contributed by atoms with Gasteiger partial charge in [0.05, 0.1) is 11.0 Å². The maximum absolute atomic E-state index is 4.62. The van der Waals surface area contributed by atoms with Crippen molar-refractivity contribution < 1.29 is 0 Å². The molecule has 0 saturated carbocycles. The van der Waals surface area contributed by atoms with Gasteiger partial charge in [0, 0.05) is 10.9 Å². The maximum Gasteiger partial charge on any atom is 0.104 e. The minimum absolute atomic E-state index is 0.835. The number of benzene rings is 1. The number of halogens is 1. The number of thiazole rings is 1. The van der Waals surface area contributed by atoms with Crippen LogP contribution in [0.4, 0.5) is 0 Å². The van der Waals surface area contributed by atoms with E-state index in [0.717, 1.165) is 16.0 Å². The molecule has 0 bridgehead atoms. The zero-order valence-electron chi connectivity index (χ0n) is 9.67. The fraction of sp³-hybridized carbons (Fsp3) is 0.308. The van der Waals surface area contributed by atoms with Gasteiger partial charge >= 0.3 is 0 Å². The molecule has 1 heterocycles. The molecule has 1 nitrogen and oxygen atoms in total. The molecule has 0 N–H and O–H groups in total. The number of aromatic nitrogens is 1. The Balaban J connectivity index is 2.55. The highest BCUT2D eigenvalue weighted by Crippen LogP contribution is 2.29. The second-order valence-electron chi connectivity index (χ2n) is 4.03. The first kappa shape index (κ1) is 11.8. The van der Waals surface area contributed by atoms with E-state index in [1.54, 1.807) is 11.3 Å². The van der Waals surface area contributed by atoms with E-state index in [1.165, 1.54) is 22.3 Å². The molecule has 1 aromatic heterocycles. The van der Waals surface area contributed by atoms with Gasteiger partial charge in [-0.3, -0.25) is 0 Å². The summed E-state index contributed by atoms with van der Waals surface area (Å²) in [5, 5.41) is 4.11. The first-order valence-electron chi connectivity index (χ1n) is 5.20. The van der Waals surface area contributed by atoms with Crippen LogP contribution in [-0.4, -0.2) is 4.98 Å². The molecule has 0 amide bonds. The number of alkyl halides is 1. The third-order valence-electron chi connectivity index (χ3n) is 2.60. The van der Waals surface area contributed by atoms with E-state index in [4.69, 9.17) is 0 Å². The van der Waals surface area contributed by atoms with Crippen molar-refractivity contribution in [3.63, 3.8) is 0 Å². The van der Waals surface area contributed by atoms with E-state index in [1.807, 2.05) is 0 Å². The normalized spacial score (nSPS) is 10.8. The minimum Gasteiger partial charge on any atom is -0.240 e. The molecule has 0 atom stereocenters. The Morgan fingerprint density at radius 1 is 1.19 bits per heavy atom. The predicted octanol–water partition coefficient (Wildman–Crippen LogP) is 4.63. The summed E-state index contributed by atoms with van der Waals surface area (Å²) in [5.74, 6) is 0. The van der Waals surface area contributed by atoms with Gasteiger partial charge in [0.25, 0.3) is 0 Å². The number of rotatable bonds is 2. The predicted molar refractivity (Wildman–Crippen MR) is 74.4 cm³/mol. The van der Waals surface area contributed by atoms with Crippen molar-refractivity contribution >= 4 is 27.3 Å². The lowest BCUT2D eigenvalue weighted by Gasteiger charge is -2.08. The van der Waals surface area contributed by atoms with Crippen LogP contribution >= 0.6 is 27.3 Å². The number of hydrogen-bond donors (Lipinski definition) is 0. The average molecular weight is 296 g/mol. The van der Waals surface area contributed by atoms with Crippen molar-refractivity contribution in [3.05, 3.63) is 39.2 Å². The van der Waals surface area contributed by atoms with E-state index in [0.29, 0.717) is 0 Å². The highest BCUT2D eigenvalue weighted by molar-refractivity contribution is 9.08. The number of hydrogen-bond acceptors (Lipinski definition) is 2. The van der Waals surface area contributed by atoms with Gasteiger partial charge < -0.3 is 0 Å². The van der Waals surface area contributed by atoms with Crippen molar-refractivity contribution in [1.82, 2.24) is 4.98 Å². The lowest BCUT2D eigenvalue weighted by molar-refractivity contribution is 1.24. The summed E-state index contributed by atoms with van der Waals surface area (Å²) in [6.07, 6.45) is 0. The smallest absolute Gasteiger partial charge is 0.104 e. The quantitative estimate of drug-likeness (QED) is 0.736. The summed E-state index contributed by atoms with van der Waals surface area (Å²) in [6, 6.07) is 4.44. The lowest BCUT2D eigenvalue weighted by atomic mass is 9.98. The van der Waals surface area contributed by atoms with E-state index in [2.05, 4.69) is 59.2 Å². The molecule has 0 fully saturated rings. The molecule has 2 rings (SSSR count). The summed E-state index contributed by atoms with van der Waals surface area (Å²) in [4.78, 5) is 4.62. The Kier molecular flexibility index (Phi) is 3.45. The molecule has 16 heavy (non-hydrogen) atoms. The standard InChI is InChI=1S/C13H14BrNS/c1-8-4-9(2)13(10(3)5-8)11-7-16-12(6-14)15-11/h4-5,7H,6H2,1-3H3. The molecule has 0 aliphatic carbocycles. The van der Waals surface area contributed by atoms with Gasteiger partial charge in [0.2, 0.25) is 0 Å². The topological polar surface area (TPSA) is 12.9 Å². The molecule has 0 saturated heterocycles. The molecule has 0 unspecified atom stereocenters. The zero-order chi connectivity index (χ0) is 11.7. The van der Waals surface area contributed by atoms with E-state index >= 15 is 0 Å². The van der Waals surface area contributed by atoms with Crippen LogP contribution < -0.4 is 0 Å². The van der Waals surface area contributed by atoms with E-state index in [9.17, 15) is 0 Å². The van der Waals surface area contributed by atoms with Crippen LogP contribution in [-0.2, 0) is 5.33 Å². The van der Waals surface area contributed by atoms with Crippen LogP contribution in [0.25, 0.3) is 11.3 Å². The highest BCUT2D eigenvalue weighted by Gasteiger charge is 2.09. The van der Waals surface area contributed by atoms with Crippen molar-refractivity contribution in [2.45, 2.75) is 26.1 Å².